The fourth-order valence-electron chi connectivity index (χ4n) is 2.97. The summed E-state index contributed by atoms with van der Waals surface area (Å²) < 4.78 is 52.7. The SMILES string of the molecule is CN(C)c1ncccc1CNc1nc(Nc2ccc(P(C)(C)=O)cc2)ncc1C(F)(F)F. The minimum atomic E-state index is -4.62. The summed E-state index contributed by atoms with van der Waals surface area (Å²) in [5.74, 6) is 0.306. The molecule has 7 nitrogen and oxygen atoms in total. The van der Waals surface area contributed by atoms with Crippen molar-refractivity contribution in [1.29, 1.82) is 0 Å². The van der Waals surface area contributed by atoms with E-state index in [0.717, 1.165) is 11.8 Å². The second kappa shape index (κ2) is 9.16. The van der Waals surface area contributed by atoms with Crippen molar-refractivity contribution in [2.45, 2.75) is 12.7 Å². The van der Waals surface area contributed by atoms with Gasteiger partial charge in [0.2, 0.25) is 5.95 Å². The van der Waals surface area contributed by atoms with Crippen molar-refractivity contribution in [3.63, 3.8) is 0 Å². The van der Waals surface area contributed by atoms with Gasteiger partial charge in [0.05, 0.1) is 0 Å². The van der Waals surface area contributed by atoms with Crippen LogP contribution in [-0.4, -0.2) is 42.4 Å². The van der Waals surface area contributed by atoms with E-state index < -0.39 is 18.9 Å². The maximum absolute atomic E-state index is 13.5. The topological polar surface area (TPSA) is 83.0 Å². The number of alkyl halides is 3. The standard InChI is InChI=1S/C21H24F3N6OP/c1-30(2)19-14(6-5-11-25-19)12-26-18-17(21(22,23)24)13-27-20(29-18)28-15-7-9-16(10-8-15)32(3,4)31/h5-11,13H,12H2,1-4H3,(H2,26,27,28,29). The Morgan fingerprint density at radius 3 is 2.34 bits per heavy atom. The van der Waals surface area contributed by atoms with Crippen LogP contribution in [-0.2, 0) is 17.3 Å². The summed E-state index contributed by atoms with van der Waals surface area (Å²) in [6.07, 6.45) is -2.26. The third-order valence-electron chi connectivity index (χ3n) is 4.58. The van der Waals surface area contributed by atoms with Gasteiger partial charge in [-0.2, -0.15) is 18.2 Å². The summed E-state index contributed by atoms with van der Waals surface area (Å²) in [6, 6.07) is 10.3. The third kappa shape index (κ3) is 5.76. The van der Waals surface area contributed by atoms with Gasteiger partial charge in [0.1, 0.15) is 24.3 Å². The Morgan fingerprint density at radius 2 is 1.75 bits per heavy atom. The first-order chi connectivity index (χ1) is 14.9. The molecule has 0 aliphatic rings. The Balaban J connectivity index is 1.86. The van der Waals surface area contributed by atoms with E-state index in [2.05, 4.69) is 25.6 Å². The van der Waals surface area contributed by atoms with E-state index in [0.29, 0.717) is 16.8 Å². The first kappa shape index (κ1) is 23.5. The van der Waals surface area contributed by atoms with Crippen LogP contribution in [0.25, 0.3) is 0 Å². The van der Waals surface area contributed by atoms with Crippen LogP contribution in [0.4, 0.5) is 36.4 Å². The predicted molar refractivity (Wildman–Crippen MR) is 122 cm³/mol. The summed E-state index contributed by atoms with van der Waals surface area (Å²) in [7, 11) is 1.21. The molecule has 0 amide bonds. The minimum Gasteiger partial charge on any atom is -0.365 e. The van der Waals surface area contributed by atoms with Gasteiger partial charge in [-0.1, -0.05) is 6.07 Å². The molecular formula is C21H24F3N6OP. The van der Waals surface area contributed by atoms with Gasteiger partial charge in [0.25, 0.3) is 0 Å². The molecular weight excluding hydrogens is 440 g/mol. The average molecular weight is 464 g/mol. The minimum absolute atomic E-state index is 0.00319. The van der Waals surface area contributed by atoms with E-state index in [1.54, 1.807) is 74.9 Å². The van der Waals surface area contributed by atoms with E-state index >= 15 is 0 Å². The summed E-state index contributed by atoms with van der Waals surface area (Å²) in [5, 5.41) is 6.36. The molecule has 2 aromatic heterocycles. The molecule has 0 atom stereocenters. The fraction of sp³-hybridized carbons (Fsp3) is 0.286. The summed E-state index contributed by atoms with van der Waals surface area (Å²) >= 11 is 0. The van der Waals surface area contributed by atoms with Crippen LogP contribution < -0.4 is 20.8 Å². The van der Waals surface area contributed by atoms with Crippen molar-refractivity contribution in [2.75, 3.05) is 43.0 Å². The lowest BCUT2D eigenvalue weighted by Crippen LogP contribution is -2.17. The van der Waals surface area contributed by atoms with Crippen LogP contribution >= 0.6 is 7.14 Å². The van der Waals surface area contributed by atoms with Crippen LogP contribution in [0, 0.1) is 0 Å². The Hall–Kier alpha value is -3.13. The maximum atomic E-state index is 13.5. The number of hydrogen-bond acceptors (Lipinski definition) is 7. The van der Waals surface area contributed by atoms with Crippen molar-refractivity contribution < 1.29 is 17.7 Å². The van der Waals surface area contributed by atoms with Crippen molar-refractivity contribution in [3.8, 4) is 0 Å². The monoisotopic (exact) mass is 464 g/mol. The molecule has 0 unspecified atom stereocenters. The third-order valence-corrected chi connectivity index (χ3v) is 6.12. The van der Waals surface area contributed by atoms with E-state index in [-0.39, 0.29) is 18.3 Å². The number of benzene rings is 1. The highest BCUT2D eigenvalue weighted by atomic mass is 31.2. The fourth-order valence-corrected chi connectivity index (χ4v) is 3.83. The molecule has 0 bridgehead atoms. The molecule has 2 heterocycles. The number of rotatable bonds is 7. The average Bonchev–Trinajstić information content (AvgIpc) is 2.71. The highest BCUT2D eigenvalue weighted by molar-refractivity contribution is 7.70. The van der Waals surface area contributed by atoms with Crippen molar-refractivity contribution >= 4 is 35.7 Å². The van der Waals surface area contributed by atoms with Crippen molar-refractivity contribution in [3.05, 3.63) is 59.9 Å². The maximum Gasteiger partial charge on any atom is 0.421 e. The van der Waals surface area contributed by atoms with Crippen LogP contribution in [0.5, 0.6) is 0 Å². The summed E-state index contributed by atoms with van der Waals surface area (Å²) in [6.45, 7) is 3.42. The lowest BCUT2D eigenvalue weighted by molar-refractivity contribution is -0.137. The highest BCUT2D eigenvalue weighted by Gasteiger charge is 2.35. The van der Waals surface area contributed by atoms with Gasteiger partial charge in [0.15, 0.2) is 0 Å². The molecule has 2 N–H and O–H groups in total. The van der Waals surface area contributed by atoms with Crippen LogP contribution in [0.15, 0.2) is 48.8 Å². The molecule has 0 saturated heterocycles. The molecule has 0 fully saturated rings. The van der Waals surface area contributed by atoms with Crippen molar-refractivity contribution in [1.82, 2.24) is 15.0 Å². The van der Waals surface area contributed by atoms with Gasteiger partial charge in [-0.05, 0) is 43.7 Å². The number of aromatic nitrogens is 3. The van der Waals surface area contributed by atoms with Crippen LogP contribution in [0.2, 0.25) is 0 Å². The van der Waals surface area contributed by atoms with Crippen LogP contribution in [0.1, 0.15) is 11.1 Å². The largest absolute Gasteiger partial charge is 0.421 e. The zero-order valence-electron chi connectivity index (χ0n) is 18.1. The predicted octanol–water partition coefficient (Wildman–Crippen LogP) is 4.56. The van der Waals surface area contributed by atoms with Gasteiger partial charge < -0.3 is 20.1 Å². The second-order valence-electron chi connectivity index (χ2n) is 7.71. The molecule has 3 rings (SSSR count). The molecule has 0 aliphatic heterocycles. The number of halogens is 3. The Bertz CT molecular complexity index is 1130. The number of pyridine rings is 1. The zero-order chi connectivity index (χ0) is 23.5. The Morgan fingerprint density at radius 1 is 1.06 bits per heavy atom. The van der Waals surface area contributed by atoms with Gasteiger partial charge >= 0.3 is 6.18 Å². The molecule has 0 spiro atoms. The van der Waals surface area contributed by atoms with E-state index in [1.807, 2.05) is 0 Å². The lowest BCUT2D eigenvalue weighted by atomic mass is 10.2. The summed E-state index contributed by atoms with van der Waals surface area (Å²) in [4.78, 5) is 13.9. The zero-order valence-corrected chi connectivity index (χ0v) is 19.0. The molecule has 170 valence electrons. The van der Waals surface area contributed by atoms with Gasteiger partial charge in [0, 0.05) is 49.6 Å². The summed E-state index contributed by atoms with van der Waals surface area (Å²) in [5.41, 5.74) is 0.319. The first-order valence-corrected chi connectivity index (χ1v) is 12.3. The van der Waals surface area contributed by atoms with Crippen LogP contribution in [0.3, 0.4) is 0 Å². The molecule has 3 aromatic rings. The van der Waals surface area contributed by atoms with E-state index in [4.69, 9.17) is 0 Å². The Labute approximate surface area is 184 Å². The van der Waals surface area contributed by atoms with E-state index in [1.165, 1.54) is 0 Å². The van der Waals surface area contributed by atoms with Crippen molar-refractivity contribution in [2.24, 2.45) is 0 Å². The molecule has 32 heavy (non-hydrogen) atoms. The quantitative estimate of drug-likeness (QED) is 0.496. The number of anilines is 4. The molecule has 11 heteroatoms. The van der Waals surface area contributed by atoms with Gasteiger partial charge in [-0.3, -0.25) is 0 Å². The molecule has 0 aliphatic carbocycles. The second-order valence-corrected chi connectivity index (χ2v) is 10.9. The Kier molecular flexibility index (Phi) is 6.74. The number of hydrogen-bond donors (Lipinski definition) is 2. The molecule has 1 aromatic carbocycles. The normalized spacial score (nSPS) is 11.8. The van der Waals surface area contributed by atoms with Gasteiger partial charge in [-0.25, -0.2) is 9.97 Å². The highest BCUT2D eigenvalue weighted by Crippen LogP contribution is 2.36. The molecule has 0 saturated carbocycles. The van der Waals surface area contributed by atoms with E-state index in [9.17, 15) is 17.7 Å². The molecule has 0 radical (unpaired) electrons. The first-order valence-electron chi connectivity index (χ1n) is 9.67. The number of nitrogens with one attached hydrogen (secondary N) is 2. The number of nitrogens with zero attached hydrogens (tertiary/aromatic N) is 4. The van der Waals surface area contributed by atoms with Gasteiger partial charge in [-0.15, -0.1) is 0 Å². The smallest absolute Gasteiger partial charge is 0.365 e. The lowest BCUT2D eigenvalue weighted by Gasteiger charge is -2.18.